The zero-order valence-corrected chi connectivity index (χ0v) is 15.0. The number of nitrogens with zero attached hydrogens (tertiary/aromatic N) is 2. The molecule has 1 amide bonds. The van der Waals surface area contributed by atoms with E-state index < -0.39 is 10.0 Å². The molecule has 0 aliphatic carbocycles. The lowest BCUT2D eigenvalue weighted by Crippen LogP contribution is -2.41. The van der Waals surface area contributed by atoms with Crippen LogP contribution in [0.4, 0.5) is 5.69 Å². The van der Waals surface area contributed by atoms with Crippen molar-refractivity contribution in [2.24, 2.45) is 5.92 Å². The molecule has 1 aliphatic rings. The Kier molecular flexibility index (Phi) is 5.18. The summed E-state index contributed by atoms with van der Waals surface area (Å²) in [5, 5.41) is 13.6. The lowest BCUT2D eigenvalue weighted by atomic mass is 9.97. The summed E-state index contributed by atoms with van der Waals surface area (Å²) in [4.78, 5) is 12.4. The van der Waals surface area contributed by atoms with E-state index in [4.69, 9.17) is 5.26 Å². The molecule has 0 spiro atoms. The summed E-state index contributed by atoms with van der Waals surface area (Å²) in [5.41, 5.74) is 0.900. The molecule has 130 valence electrons. The summed E-state index contributed by atoms with van der Waals surface area (Å²) in [6.45, 7) is 0.635. The molecule has 1 aromatic heterocycles. The number of thiophene rings is 1. The van der Waals surface area contributed by atoms with Crippen molar-refractivity contribution < 1.29 is 13.2 Å². The zero-order valence-electron chi connectivity index (χ0n) is 13.4. The standard InChI is InChI=1S/C17H17N3O3S2/c18-12-14-4-1-2-5-15(14)19-17(21)13-7-9-20(10-8-13)25(22,23)16-6-3-11-24-16/h1-6,11,13H,7-10H2,(H,19,21). The number of carbonyl (C=O) groups is 1. The molecule has 1 saturated heterocycles. The van der Waals surface area contributed by atoms with Crippen LogP contribution in [0.1, 0.15) is 18.4 Å². The quantitative estimate of drug-likeness (QED) is 0.889. The third-order valence-corrected chi connectivity index (χ3v) is 7.49. The Balaban J connectivity index is 1.63. The Hall–Kier alpha value is -2.21. The van der Waals surface area contributed by atoms with Crippen molar-refractivity contribution in [2.75, 3.05) is 18.4 Å². The van der Waals surface area contributed by atoms with Crippen LogP contribution in [0.5, 0.6) is 0 Å². The number of hydrogen-bond donors (Lipinski definition) is 1. The van der Waals surface area contributed by atoms with Crippen LogP contribution in [0.3, 0.4) is 0 Å². The molecule has 6 nitrogen and oxygen atoms in total. The second kappa shape index (κ2) is 7.35. The maximum absolute atomic E-state index is 12.5. The van der Waals surface area contributed by atoms with Crippen LogP contribution in [-0.4, -0.2) is 31.7 Å². The van der Waals surface area contributed by atoms with E-state index in [1.165, 1.54) is 15.6 Å². The lowest BCUT2D eigenvalue weighted by molar-refractivity contribution is -0.120. The van der Waals surface area contributed by atoms with Crippen LogP contribution in [-0.2, 0) is 14.8 Å². The third-order valence-electron chi connectivity index (χ3n) is 4.22. The largest absolute Gasteiger partial charge is 0.325 e. The minimum absolute atomic E-state index is 0.170. The van der Waals surface area contributed by atoms with Crippen molar-refractivity contribution in [3.63, 3.8) is 0 Å². The Labute approximate surface area is 150 Å². The average Bonchev–Trinajstić information content (AvgIpc) is 3.18. The molecule has 0 atom stereocenters. The Bertz CT molecular complexity index is 893. The second-order valence-corrected chi connectivity index (χ2v) is 8.87. The highest BCUT2D eigenvalue weighted by Gasteiger charge is 2.32. The van der Waals surface area contributed by atoms with Gasteiger partial charge in [0.1, 0.15) is 10.3 Å². The van der Waals surface area contributed by atoms with Crippen LogP contribution in [0.25, 0.3) is 0 Å². The number of amides is 1. The SMILES string of the molecule is N#Cc1ccccc1NC(=O)C1CCN(S(=O)(=O)c2cccs2)CC1. The molecule has 8 heteroatoms. The first-order valence-electron chi connectivity index (χ1n) is 7.86. The third kappa shape index (κ3) is 3.74. The van der Waals surface area contributed by atoms with E-state index >= 15 is 0 Å². The molecular formula is C17H17N3O3S2. The van der Waals surface area contributed by atoms with E-state index in [2.05, 4.69) is 5.32 Å². The van der Waals surface area contributed by atoms with E-state index in [0.717, 1.165) is 0 Å². The number of carbonyl (C=O) groups excluding carboxylic acids is 1. The molecule has 3 rings (SSSR count). The predicted octanol–water partition coefficient (Wildman–Crippen LogP) is 2.66. The molecule has 0 saturated carbocycles. The summed E-state index contributed by atoms with van der Waals surface area (Å²) < 4.78 is 26.8. The summed E-state index contributed by atoms with van der Waals surface area (Å²) in [6, 6.07) is 12.2. The molecule has 1 N–H and O–H groups in total. The van der Waals surface area contributed by atoms with Crippen molar-refractivity contribution >= 4 is 33.0 Å². The van der Waals surface area contributed by atoms with Crippen LogP contribution in [0.15, 0.2) is 46.0 Å². The van der Waals surface area contributed by atoms with E-state index in [0.29, 0.717) is 41.4 Å². The molecular weight excluding hydrogens is 358 g/mol. The van der Waals surface area contributed by atoms with Crippen molar-refractivity contribution in [3.05, 3.63) is 47.3 Å². The number of para-hydroxylation sites is 1. The maximum Gasteiger partial charge on any atom is 0.252 e. The fraction of sp³-hybridized carbons (Fsp3) is 0.294. The minimum atomic E-state index is -3.46. The summed E-state index contributed by atoms with van der Waals surface area (Å²) in [6.07, 6.45) is 0.927. The summed E-state index contributed by atoms with van der Waals surface area (Å²) in [7, 11) is -3.46. The van der Waals surface area contributed by atoms with Gasteiger partial charge in [-0.25, -0.2) is 8.42 Å². The first-order chi connectivity index (χ1) is 12.0. The number of benzene rings is 1. The normalized spacial score (nSPS) is 16.3. The van der Waals surface area contributed by atoms with Crippen LogP contribution in [0, 0.1) is 17.2 Å². The average molecular weight is 375 g/mol. The van der Waals surface area contributed by atoms with Gasteiger partial charge in [0.15, 0.2) is 0 Å². The van der Waals surface area contributed by atoms with Gasteiger partial charge >= 0.3 is 0 Å². The molecule has 0 radical (unpaired) electrons. The van der Waals surface area contributed by atoms with Gasteiger partial charge in [0, 0.05) is 19.0 Å². The van der Waals surface area contributed by atoms with E-state index in [9.17, 15) is 13.2 Å². The topological polar surface area (TPSA) is 90.3 Å². The minimum Gasteiger partial charge on any atom is -0.325 e. The zero-order chi connectivity index (χ0) is 17.9. The molecule has 1 aromatic carbocycles. The predicted molar refractivity (Wildman–Crippen MR) is 95.6 cm³/mol. The number of nitrogens with one attached hydrogen (secondary N) is 1. The van der Waals surface area contributed by atoms with Crippen molar-refractivity contribution in [2.45, 2.75) is 17.1 Å². The van der Waals surface area contributed by atoms with Gasteiger partial charge in [0.2, 0.25) is 5.91 Å². The fourth-order valence-corrected chi connectivity index (χ4v) is 5.43. The highest BCUT2D eigenvalue weighted by molar-refractivity contribution is 7.91. The van der Waals surface area contributed by atoms with Gasteiger partial charge in [-0.15, -0.1) is 11.3 Å². The van der Waals surface area contributed by atoms with Gasteiger partial charge in [-0.3, -0.25) is 4.79 Å². The maximum atomic E-state index is 12.5. The fourth-order valence-electron chi connectivity index (χ4n) is 2.82. The van der Waals surface area contributed by atoms with Gasteiger partial charge in [-0.2, -0.15) is 9.57 Å². The van der Waals surface area contributed by atoms with Crippen molar-refractivity contribution in [1.29, 1.82) is 5.26 Å². The summed E-state index contributed by atoms with van der Waals surface area (Å²) in [5.74, 6) is -0.433. The van der Waals surface area contributed by atoms with E-state index in [1.807, 2.05) is 6.07 Å². The number of rotatable bonds is 4. The first kappa shape index (κ1) is 17.6. The molecule has 2 heterocycles. The Morgan fingerprint density at radius 3 is 2.56 bits per heavy atom. The molecule has 2 aromatic rings. The Morgan fingerprint density at radius 1 is 1.20 bits per heavy atom. The lowest BCUT2D eigenvalue weighted by Gasteiger charge is -2.30. The summed E-state index contributed by atoms with van der Waals surface area (Å²) >= 11 is 1.20. The van der Waals surface area contributed by atoms with Crippen LogP contribution >= 0.6 is 11.3 Å². The van der Waals surface area contributed by atoms with Crippen molar-refractivity contribution in [1.82, 2.24) is 4.31 Å². The highest BCUT2D eigenvalue weighted by Crippen LogP contribution is 2.27. The number of hydrogen-bond acceptors (Lipinski definition) is 5. The number of sulfonamides is 1. The highest BCUT2D eigenvalue weighted by atomic mass is 32.2. The molecule has 0 bridgehead atoms. The molecule has 1 fully saturated rings. The van der Waals surface area contributed by atoms with Crippen molar-refractivity contribution in [3.8, 4) is 6.07 Å². The molecule has 1 aliphatic heterocycles. The Morgan fingerprint density at radius 2 is 1.92 bits per heavy atom. The number of anilines is 1. The van der Waals surface area contributed by atoms with E-state index in [1.54, 1.807) is 41.8 Å². The molecule has 0 unspecified atom stereocenters. The van der Waals surface area contributed by atoms with Gasteiger partial charge in [-0.1, -0.05) is 18.2 Å². The monoisotopic (exact) mass is 375 g/mol. The number of piperidine rings is 1. The molecule has 25 heavy (non-hydrogen) atoms. The van der Waals surface area contributed by atoms with Gasteiger partial charge in [0.05, 0.1) is 11.3 Å². The van der Waals surface area contributed by atoms with Gasteiger partial charge in [0.25, 0.3) is 10.0 Å². The van der Waals surface area contributed by atoms with Crippen LogP contribution < -0.4 is 5.32 Å². The van der Waals surface area contributed by atoms with E-state index in [-0.39, 0.29) is 11.8 Å². The second-order valence-electron chi connectivity index (χ2n) is 5.76. The van der Waals surface area contributed by atoms with Crippen LogP contribution in [0.2, 0.25) is 0 Å². The van der Waals surface area contributed by atoms with Gasteiger partial charge < -0.3 is 5.32 Å². The van der Waals surface area contributed by atoms with Gasteiger partial charge in [-0.05, 0) is 36.4 Å². The first-order valence-corrected chi connectivity index (χ1v) is 10.2. The smallest absolute Gasteiger partial charge is 0.252 e. The number of nitriles is 1.